The molecule has 1 aromatic carbocycles. The fourth-order valence-electron chi connectivity index (χ4n) is 4.33. The van der Waals surface area contributed by atoms with Crippen molar-refractivity contribution in [3.8, 4) is 0 Å². The zero-order chi connectivity index (χ0) is 27.7. The van der Waals surface area contributed by atoms with E-state index in [-0.39, 0.29) is 48.1 Å². The second kappa shape index (κ2) is 10.8. The fourth-order valence-corrected chi connectivity index (χ4v) is 4.70. The molecule has 0 spiro atoms. The maximum atomic E-state index is 13.7. The number of hydrogen-bond donors (Lipinski definition) is 3. The van der Waals surface area contributed by atoms with Crippen LogP contribution in [0, 0.1) is 11.7 Å². The highest BCUT2D eigenvalue weighted by molar-refractivity contribution is 7.84. The Labute approximate surface area is 214 Å². The van der Waals surface area contributed by atoms with Gasteiger partial charge in [0.05, 0.1) is 23.8 Å². The van der Waals surface area contributed by atoms with E-state index in [9.17, 15) is 35.9 Å². The van der Waals surface area contributed by atoms with Gasteiger partial charge in [0.1, 0.15) is 18.0 Å². The highest BCUT2D eigenvalue weighted by Gasteiger charge is 2.35. The van der Waals surface area contributed by atoms with E-state index in [1.54, 1.807) is 0 Å². The Balaban J connectivity index is 1.46. The monoisotopic (exact) mass is 557 g/mol. The standard InChI is InChI=1S/C23H23F4N5O5S/c24-17-4-13(3-16(6-17)23(25,26)27)9-32-2-1-14(10-32)21(34)19-8-29-12-30-22(19)31-18-5-15(20(33)7-18)11-37-38(28,35)36/h1-4,6,8,10,12,15,18,20,33H,5,7,9,11H2,(H2,28,35,36)(H,29,30,31)/t15-,18-,20+/m1/s1. The van der Waals surface area contributed by atoms with Gasteiger partial charge >= 0.3 is 16.5 Å². The lowest BCUT2D eigenvalue weighted by atomic mass is 10.1. The summed E-state index contributed by atoms with van der Waals surface area (Å²) in [4.78, 5) is 21.2. The Kier molecular flexibility index (Phi) is 7.83. The maximum absolute atomic E-state index is 13.7. The second-order valence-electron chi connectivity index (χ2n) is 8.95. The average molecular weight is 558 g/mol. The molecule has 4 rings (SSSR count). The van der Waals surface area contributed by atoms with Gasteiger partial charge in [0.15, 0.2) is 5.78 Å². The number of rotatable bonds is 9. The van der Waals surface area contributed by atoms with Crippen LogP contribution < -0.4 is 10.5 Å². The van der Waals surface area contributed by atoms with Crippen LogP contribution in [0.15, 0.2) is 49.2 Å². The summed E-state index contributed by atoms with van der Waals surface area (Å²) in [7, 11) is -4.16. The van der Waals surface area contributed by atoms with Gasteiger partial charge in [-0.25, -0.2) is 19.5 Å². The Morgan fingerprint density at radius 1 is 1.26 bits per heavy atom. The van der Waals surface area contributed by atoms with Gasteiger partial charge in [-0.05, 0) is 42.7 Å². The molecule has 1 saturated carbocycles. The molecule has 3 aromatic rings. The number of aromatic nitrogens is 3. The first-order valence-corrected chi connectivity index (χ1v) is 12.7. The third-order valence-corrected chi connectivity index (χ3v) is 6.53. The van der Waals surface area contributed by atoms with E-state index in [0.29, 0.717) is 12.5 Å². The molecular formula is C23H23F4N5O5S. The van der Waals surface area contributed by atoms with E-state index in [4.69, 9.17) is 5.14 Å². The molecule has 0 aliphatic heterocycles. The first-order chi connectivity index (χ1) is 17.8. The minimum Gasteiger partial charge on any atom is -0.393 e. The number of nitrogens with zero attached hydrogens (tertiary/aromatic N) is 3. The lowest BCUT2D eigenvalue weighted by molar-refractivity contribution is -0.137. The van der Waals surface area contributed by atoms with E-state index in [2.05, 4.69) is 19.5 Å². The number of carbonyl (C=O) groups excluding carboxylic acids is 1. The summed E-state index contributed by atoms with van der Waals surface area (Å²) in [5.74, 6) is -1.83. The number of ketones is 1. The molecule has 10 nitrogen and oxygen atoms in total. The maximum Gasteiger partial charge on any atom is 0.416 e. The minimum absolute atomic E-state index is 0.0677. The van der Waals surface area contributed by atoms with E-state index in [0.717, 1.165) is 12.1 Å². The number of halogens is 4. The summed E-state index contributed by atoms with van der Waals surface area (Å²) in [6.45, 7) is -0.399. The number of alkyl halides is 3. The normalized spacial score (nSPS) is 20.0. The number of carbonyl (C=O) groups is 1. The smallest absolute Gasteiger partial charge is 0.393 e. The summed E-state index contributed by atoms with van der Waals surface area (Å²) in [6, 6.07) is 3.34. The molecular weight excluding hydrogens is 534 g/mol. The van der Waals surface area contributed by atoms with Gasteiger partial charge < -0.3 is 15.0 Å². The largest absolute Gasteiger partial charge is 0.416 e. The van der Waals surface area contributed by atoms with Crippen molar-refractivity contribution in [2.45, 2.75) is 37.7 Å². The lowest BCUT2D eigenvalue weighted by Gasteiger charge is -2.15. The zero-order valence-electron chi connectivity index (χ0n) is 19.6. The minimum atomic E-state index is -4.70. The van der Waals surface area contributed by atoms with Crippen LogP contribution in [0.3, 0.4) is 0 Å². The molecule has 4 N–H and O–H groups in total. The van der Waals surface area contributed by atoms with E-state index in [1.165, 1.54) is 35.6 Å². The number of nitrogens with two attached hydrogens (primary N) is 1. The van der Waals surface area contributed by atoms with E-state index in [1.807, 2.05) is 0 Å². The van der Waals surface area contributed by atoms with Gasteiger partial charge in [-0.15, -0.1) is 0 Å². The van der Waals surface area contributed by atoms with Crippen LogP contribution in [0.4, 0.5) is 23.4 Å². The molecule has 2 heterocycles. The quantitative estimate of drug-likeness (QED) is 0.268. The van der Waals surface area contributed by atoms with Crippen molar-refractivity contribution >= 4 is 21.9 Å². The van der Waals surface area contributed by atoms with Gasteiger partial charge in [-0.3, -0.25) is 8.98 Å². The summed E-state index contributed by atoms with van der Waals surface area (Å²) < 4.78 is 80.9. The predicted molar refractivity (Wildman–Crippen MR) is 126 cm³/mol. The fraction of sp³-hybridized carbons (Fsp3) is 0.348. The SMILES string of the molecule is NS(=O)(=O)OC[C@H]1C[C@@H](Nc2ncncc2C(=O)c2ccn(Cc3cc(F)cc(C(F)(F)F)c3)c2)C[C@@H]1O. The molecule has 0 amide bonds. The third kappa shape index (κ3) is 6.92. The first-order valence-electron chi connectivity index (χ1n) is 11.3. The molecule has 38 heavy (non-hydrogen) atoms. The number of aliphatic hydroxyl groups excluding tert-OH is 1. The van der Waals surface area contributed by atoms with E-state index >= 15 is 0 Å². The molecule has 0 bridgehead atoms. The summed E-state index contributed by atoms with van der Waals surface area (Å²) in [5.41, 5.74) is -0.739. The first kappa shape index (κ1) is 27.6. The van der Waals surface area contributed by atoms with Crippen molar-refractivity contribution < 1.29 is 40.1 Å². The molecule has 0 radical (unpaired) electrons. The second-order valence-corrected chi connectivity index (χ2v) is 10.2. The van der Waals surface area contributed by atoms with Gasteiger partial charge in [0.25, 0.3) is 0 Å². The van der Waals surface area contributed by atoms with Gasteiger partial charge in [0, 0.05) is 42.7 Å². The van der Waals surface area contributed by atoms with Crippen LogP contribution in [0.5, 0.6) is 0 Å². The lowest BCUT2D eigenvalue weighted by Crippen LogP contribution is -2.24. The van der Waals surface area contributed by atoms with E-state index < -0.39 is 45.7 Å². The Morgan fingerprint density at radius 3 is 2.74 bits per heavy atom. The van der Waals surface area contributed by atoms with Crippen molar-refractivity contribution in [2.24, 2.45) is 11.1 Å². The van der Waals surface area contributed by atoms with Crippen LogP contribution in [-0.2, 0) is 27.2 Å². The van der Waals surface area contributed by atoms with Crippen molar-refractivity contribution in [3.63, 3.8) is 0 Å². The van der Waals surface area contributed by atoms with Crippen molar-refractivity contribution in [1.82, 2.24) is 14.5 Å². The molecule has 1 aliphatic carbocycles. The molecule has 1 fully saturated rings. The van der Waals surface area contributed by atoms with Crippen LogP contribution in [0.25, 0.3) is 0 Å². The van der Waals surface area contributed by atoms with Crippen LogP contribution in [0.2, 0.25) is 0 Å². The number of hydrogen-bond acceptors (Lipinski definition) is 8. The van der Waals surface area contributed by atoms with Crippen LogP contribution in [-0.4, -0.2) is 52.6 Å². The number of nitrogens with one attached hydrogen (secondary N) is 1. The molecule has 1 aliphatic rings. The number of anilines is 1. The third-order valence-electron chi connectivity index (χ3n) is 6.06. The highest BCUT2D eigenvalue weighted by atomic mass is 32.2. The Hall–Kier alpha value is -3.40. The summed E-state index contributed by atoms with van der Waals surface area (Å²) in [5, 5.41) is 18.2. The zero-order valence-corrected chi connectivity index (χ0v) is 20.4. The van der Waals surface area contributed by atoms with Crippen molar-refractivity contribution in [1.29, 1.82) is 0 Å². The molecule has 15 heteroatoms. The molecule has 0 saturated heterocycles. The summed E-state index contributed by atoms with van der Waals surface area (Å²) in [6.07, 6.45) is 0.394. The van der Waals surface area contributed by atoms with Crippen LogP contribution in [0.1, 0.15) is 39.9 Å². The number of benzene rings is 1. The van der Waals surface area contributed by atoms with Gasteiger partial charge in [0.2, 0.25) is 0 Å². The van der Waals surface area contributed by atoms with Crippen LogP contribution >= 0.6 is 0 Å². The highest BCUT2D eigenvalue weighted by Crippen LogP contribution is 2.31. The van der Waals surface area contributed by atoms with Gasteiger partial charge in [-0.1, -0.05) is 0 Å². The van der Waals surface area contributed by atoms with Crippen molar-refractivity contribution in [2.75, 3.05) is 11.9 Å². The molecule has 204 valence electrons. The molecule has 0 unspecified atom stereocenters. The van der Waals surface area contributed by atoms with Crippen molar-refractivity contribution in [3.05, 3.63) is 77.3 Å². The average Bonchev–Trinajstić information content (AvgIpc) is 3.42. The van der Waals surface area contributed by atoms with Gasteiger partial charge in [-0.2, -0.15) is 21.6 Å². The Morgan fingerprint density at radius 2 is 2.03 bits per heavy atom. The Bertz CT molecular complexity index is 1430. The summed E-state index contributed by atoms with van der Waals surface area (Å²) >= 11 is 0. The number of aliphatic hydroxyl groups is 1. The molecule has 2 aromatic heterocycles. The molecule has 3 atom stereocenters. The topological polar surface area (TPSA) is 149 Å². The predicted octanol–water partition coefficient (Wildman–Crippen LogP) is 2.49.